The molecule has 8 nitrogen and oxygen atoms in total. The Balaban J connectivity index is 1.33. The summed E-state index contributed by atoms with van der Waals surface area (Å²) in [7, 11) is 0. The fourth-order valence-corrected chi connectivity index (χ4v) is 5.26. The molecular weight excluding hydrogens is 418 g/mol. The molecule has 0 radical (unpaired) electrons. The van der Waals surface area contributed by atoms with Crippen molar-refractivity contribution in [3.8, 4) is 11.5 Å². The minimum absolute atomic E-state index is 0.0801. The molecule has 0 bridgehead atoms. The molecule has 0 unspecified atom stereocenters. The first kappa shape index (κ1) is 21.7. The number of nitrogens with one attached hydrogen (secondary N) is 1. The molecule has 3 aliphatic heterocycles. The average Bonchev–Trinajstić information content (AvgIpc) is 3.41. The zero-order valence-corrected chi connectivity index (χ0v) is 18.7. The Bertz CT molecular complexity index is 924. The summed E-state index contributed by atoms with van der Waals surface area (Å²) < 4.78 is 10.6. The quantitative estimate of drug-likeness (QED) is 0.674. The monoisotopic (exact) mass is 445 g/mol. The van der Waals surface area contributed by atoms with Gasteiger partial charge in [-0.3, -0.25) is 24.2 Å². The maximum Gasteiger partial charge on any atom is 0.293 e. The van der Waals surface area contributed by atoms with Gasteiger partial charge in [0.2, 0.25) is 12.7 Å². The van der Waals surface area contributed by atoms with E-state index in [0.29, 0.717) is 28.5 Å². The summed E-state index contributed by atoms with van der Waals surface area (Å²) in [6.45, 7) is 6.74. The van der Waals surface area contributed by atoms with Gasteiger partial charge in [0.25, 0.3) is 11.1 Å². The predicted octanol–water partition coefficient (Wildman–Crippen LogP) is 2.83. The standard InChI is InChI=1S/C22H27N3O5S/c1-13-4-5-14(2)25(13)15(3)20(26)23-8-9-24-21(27)19(31-22(24)28)11-16-6-7-17-18(10-16)30-12-29-17/h6-7,10-11,13-15H,4-5,8-9,12H2,1-3H3,(H,23,26)/b19-11-/t13-,14+,15-/m0/s1. The van der Waals surface area contributed by atoms with Crippen molar-refractivity contribution in [2.24, 2.45) is 0 Å². The minimum atomic E-state index is -0.350. The van der Waals surface area contributed by atoms with Gasteiger partial charge in [-0.05, 0) is 69.1 Å². The van der Waals surface area contributed by atoms with Gasteiger partial charge >= 0.3 is 0 Å². The Kier molecular flexibility index (Phi) is 6.24. The van der Waals surface area contributed by atoms with E-state index in [2.05, 4.69) is 24.1 Å². The van der Waals surface area contributed by atoms with E-state index in [-0.39, 0.29) is 43.0 Å². The lowest BCUT2D eigenvalue weighted by Gasteiger charge is -2.31. The van der Waals surface area contributed by atoms with Crippen LogP contribution in [0.3, 0.4) is 0 Å². The molecule has 1 aromatic carbocycles. The van der Waals surface area contributed by atoms with Gasteiger partial charge in [0.05, 0.1) is 10.9 Å². The van der Waals surface area contributed by atoms with E-state index in [1.54, 1.807) is 18.2 Å². The molecule has 3 heterocycles. The number of hydrogen-bond donors (Lipinski definition) is 1. The maximum absolute atomic E-state index is 12.7. The third kappa shape index (κ3) is 4.43. The first-order valence-corrected chi connectivity index (χ1v) is 11.4. The van der Waals surface area contributed by atoms with Crippen molar-refractivity contribution in [3.05, 3.63) is 28.7 Å². The Hall–Kier alpha value is -2.52. The highest BCUT2D eigenvalue weighted by Gasteiger charge is 2.36. The van der Waals surface area contributed by atoms with E-state index in [1.165, 1.54) is 4.90 Å². The topological polar surface area (TPSA) is 88.2 Å². The second-order valence-corrected chi connectivity index (χ2v) is 9.13. The van der Waals surface area contributed by atoms with Crippen LogP contribution in [0.25, 0.3) is 6.08 Å². The van der Waals surface area contributed by atoms with Gasteiger partial charge in [-0.25, -0.2) is 0 Å². The third-order valence-electron chi connectivity index (χ3n) is 6.05. The number of ether oxygens (including phenoxy) is 2. The van der Waals surface area contributed by atoms with Crippen LogP contribution < -0.4 is 14.8 Å². The molecule has 0 aromatic heterocycles. The van der Waals surface area contributed by atoms with Crippen molar-refractivity contribution in [1.29, 1.82) is 0 Å². The van der Waals surface area contributed by atoms with Crippen LogP contribution in [0, 0.1) is 0 Å². The molecular formula is C22H27N3O5S. The highest BCUT2D eigenvalue weighted by atomic mass is 32.2. The smallest absolute Gasteiger partial charge is 0.293 e. The Morgan fingerprint density at radius 2 is 1.94 bits per heavy atom. The minimum Gasteiger partial charge on any atom is -0.454 e. The van der Waals surface area contributed by atoms with Gasteiger partial charge in [-0.1, -0.05) is 6.07 Å². The number of fused-ring (bicyclic) bond motifs is 1. The fraction of sp³-hybridized carbons (Fsp3) is 0.500. The summed E-state index contributed by atoms with van der Waals surface area (Å²) in [5, 5.41) is 2.54. The Labute approximate surface area is 185 Å². The van der Waals surface area contributed by atoms with Crippen LogP contribution in [0.15, 0.2) is 23.1 Å². The van der Waals surface area contributed by atoms with Crippen molar-refractivity contribution in [1.82, 2.24) is 15.1 Å². The number of carbonyl (C=O) groups is 3. The number of nitrogens with zero attached hydrogens (tertiary/aromatic N) is 2. The first-order chi connectivity index (χ1) is 14.8. The summed E-state index contributed by atoms with van der Waals surface area (Å²) >= 11 is 0.902. The number of imide groups is 1. The lowest BCUT2D eigenvalue weighted by atomic mass is 10.2. The Morgan fingerprint density at radius 1 is 1.23 bits per heavy atom. The summed E-state index contributed by atoms with van der Waals surface area (Å²) in [6.07, 6.45) is 3.85. The molecule has 2 saturated heterocycles. The highest BCUT2D eigenvalue weighted by molar-refractivity contribution is 8.18. The van der Waals surface area contributed by atoms with Gasteiger partial charge in [0.1, 0.15) is 0 Å². The van der Waals surface area contributed by atoms with Gasteiger partial charge in [-0.15, -0.1) is 0 Å². The second-order valence-electron chi connectivity index (χ2n) is 8.14. The maximum atomic E-state index is 12.7. The molecule has 4 rings (SSSR count). The van der Waals surface area contributed by atoms with Gasteiger partial charge in [0.15, 0.2) is 11.5 Å². The number of thioether (sulfide) groups is 1. The lowest BCUT2D eigenvalue weighted by molar-refractivity contribution is -0.127. The summed E-state index contributed by atoms with van der Waals surface area (Å²) in [4.78, 5) is 41.4. The predicted molar refractivity (Wildman–Crippen MR) is 118 cm³/mol. The first-order valence-electron chi connectivity index (χ1n) is 10.6. The van der Waals surface area contributed by atoms with Crippen LogP contribution in [-0.4, -0.2) is 64.9 Å². The molecule has 3 atom stereocenters. The number of likely N-dealkylation sites (tertiary alicyclic amines) is 1. The van der Waals surface area contributed by atoms with Crippen LogP contribution in [0.2, 0.25) is 0 Å². The molecule has 3 amide bonds. The molecule has 1 N–H and O–H groups in total. The summed E-state index contributed by atoms with van der Waals surface area (Å²) in [5.74, 6) is 0.847. The third-order valence-corrected chi connectivity index (χ3v) is 6.96. The normalized spacial score (nSPS) is 25.5. The van der Waals surface area contributed by atoms with Crippen LogP contribution in [0.5, 0.6) is 11.5 Å². The van der Waals surface area contributed by atoms with Crippen LogP contribution in [0.4, 0.5) is 4.79 Å². The van der Waals surface area contributed by atoms with E-state index >= 15 is 0 Å². The number of benzene rings is 1. The number of carbonyl (C=O) groups excluding carboxylic acids is 3. The van der Waals surface area contributed by atoms with E-state index in [4.69, 9.17) is 9.47 Å². The molecule has 9 heteroatoms. The van der Waals surface area contributed by atoms with Gasteiger partial charge in [-0.2, -0.15) is 0 Å². The largest absolute Gasteiger partial charge is 0.454 e. The Morgan fingerprint density at radius 3 is 2.68 bits per heavy atom. The fourth-order valence-electron chi connectivity index (χ4n) is 4.40. The van der Waals surface area contributed by atoms with E-state index in [1.807, 2.05) is 13.0 Å². The van der Waals surface area contributed by atoms with Crippen LogP contribution >= 0.6 is 11.8 Å². The number of amides is 3. The van der Waals surface area contributed by atoms with E-state index < -0.39 is 0 Å². The molecule has 1 aromatic rings. The summed E-state index contributed by atoms with van der Waals surface area (Å²) in [6, 6.07) is 5.86. The van der Waals surface area contributed by atoms with Crippen molar-refractivity contribution < 1.29 is 23.9 Å². The molecule has 3 aliphatic rings. The zero-order chi connectivity index (χ0) is 22.1. The van der Waals surface area contributed by atoms with Crippen molar-refractivity contribution in [2.45, 2.75) is 51.7 Å². The molecule has 2 fully saturated rings. The van der Waals surface area contributed by atoms with Gasteiger partial charge < -0.3 is 14.8 Å². The molecule has 31 heavy (non-hydrogen) atoms. The van der Waals surface area contributed by atoms with Crippen molar-refractivity contribution in [3.63, 3.8) is 0 Å². The van der Waals surface area contributed by atoms with Crippen molar-refractivity contribution in [2.75, 3.05) is 19.9 Å². The SMILES string of the molecule is C[C@@H]1CC[C@H](C)N1[C@@H](C)C(=O)NCCN1C(=O)S/C(=C\c2ccc3c(c2)OCO3)C1=O. The highest BCUT2D eigenvalue weighted by Crippen LogP contribution is 2.36. The second kappa shape index (κ2) is 8.92. The number of rotatable bonds is 6. The van der Waals surface area contributed by atoms with Gasteiger partial charge in [0, 0.05) is 25.2 Å². The summed E-state index contributed by atoms with van der Waals surface area (Å²) in [5.41, 5.74) is 0.755. The van der Waals surface area contributed by atoms with Crippen LogP contribution in [0.1, 0.15) is 39.2 Å². The molecule has 0 aliphatic carbocycles. The van der Waals surface area contributed by atoms with Crippen molar-refractivity contribution >= 4 is 34.9 Å². The molecule has 0 saturated carbocycles. The van der Waals surface area contributed by atoms with E-state index in [0.717, 1.165) is 30.2 Å². The van der Waals surface area contributed by atoms with Crippen LogP contribution in [-0.2, 0) is 9.59 Å². The molecule has 0 spiro atoms. The molecule has 166 valence electrons. The number of hydrogen-bond acceptors (Lipinski definition) is 7. The van der Waals surface area contributed by atoms with E-state index in [9.17, 15) is 14.4 Å². The lowest BCUT2D eigenvalue weighted by Crippen LogP contribution is -2.50. The average molecular weight is 446 g/mol. The zero-order valence-electron chi connectivity index (χ0n) is 17.9.